The number of ketones is 1. The summed E-state index contributed by atoms with van der Waals surface area (Å²) in [4.78, 5) is 25.0. The molecule has 3 N–H and O–H groups in total. The lowest BCUT2D eigenvalue weighted by molar-refractivity contribution is -0.118. The predicted molar refractivity (Wildman–Crippen MR) is 123 cm³/mol. The summed E-state index contributed by atoms with van der Waals surface area (Å²) in [7, 11) is 1.64. The van der Waals surface area contributed by atoms with E-state index in [1.807, 2.05) is 24.3 Å². The number of rotatable bonds is 3. The number of hydrogen-bond acceptors (Lipinski definition) is 8. The van der Waals surface area contributed by atoms with Crippen LogP contribution in [0.1, 0.15) is 43.7 Å². The average Bonchev–Trinajstić information content (AvgIpc) is 2.77. The molecule has 32 heavy (non-hydrogen) atoms. The second-order valence-electron chi connectivity index (χ2n) is 9.43. The Hall–Kier alpha value is -3.13. The Kier molecular flexibility index (Phi) is 5.04. The van der Waals surface area contributed by atoms with Crippen LogP contribution < -0.4 is 20.7 Å². The van der Waals surface area contributed by atoms with Crippen LogP contribution in [0.2, 0.25) is 0 Å². The van der Waals surface area contributed by atoms with E-state index in [2.05, 4.69) is 29.0 Å². The standard InChI is InChI=1S/C24H29N5O3/c1-24(2)12-16-19(17(30)13-24)18(14-4-6-15(31-3)7-5-14)20-21(25)27-23(28-22(20)26-16)29-8-10-32-11-9-29/h4-7,18H,8-13H2,1-3H3,(H3,25,26,27,28)/t18-/m1/s1. The van der Waals surface area contributed by atoms with Gasteiger partial charge in [0.05, 0.1) is 20.3 Å². The Morgan fingerprint density at radius 3 is 2.56 bits per heavy atom. The number of anilines is 3. The van der Waals surface area contributed by atoms with E-state index >= 15 is 0 Å². The Balaban J connectivity index is 1.66. The quantitative estimate of drug-likeness (QED) is 0.758. The van der Waals surface area contributed by atoms with E-state index in [1.165, 1.54) is 0 Å². The zero-order chi connectivity index (χ0) is 22.5. The van der Waals surface area contributed by atoms with E-state index in [-0.39, 0.29) is 17.1 Å². The van der Waals surface area contributed by atoms with Gasteiger partial charge in [-0.15, -0.1) is 0 Å². The van der Waals surface area contributed by atoms with Gasteiger partial charge < -0.3 is 25.4 Å². The van der Waals surface area contributed by atoms with Gasteiger partial charge in [0.15, 0.2) is 5.78 Å². The smallest absolute Gasteiger partial charge is 0.229 e. The number of Topliss-reactive ketones (excluding diaryl/α,β-unsaturated/α-hetero) is 1. The first-order valence-electron chi connectivity index (χ1n) is 11.0. The van der Waals surface area contributed by atoms with Crippen molar-refractivity contribution in [1.29, 1.82) is 0 Å². The maximum Gasteiger partial charge on any atom is 0.229 e. The van der Waals surface area contributed by atoms with Crippen molar-refractivity contribution in [2.45, 2.75) is 32.6 Å². The van der Waals surface area contributed by atoms with Crippen LogP contribution in [-0.4, -0.2) is 49.2 Å². The summed E-state index contributed by atoms with van der Waals surface area (Å²) in [6, 6.07) is 7.80. The number of carbonyl (C=O) groups is 1. The minimum absolute atomic E-state index is 0.115. The molecule has 8 heteroatoms. The van der Waals surface area contributed by atoms with Gasteiger partial charge in [0.25, 0.3) is 0 Å². The molecule has 0 spiro atoms. The lowest BCUT2D eigenvalue weighted by atomic mass is 9.69. The highest BCUT2D eigenvalue weighted by Gasteiger charge is 2.42. The van der Waals surface area contributed by atoms with Crippen LogP contribution in [-0.2, 0) is 9.53 Å². The van der Waals surface area contributed by atoms with Crippen LogP contribution in [0.4, 0.5) is 17.6 Å². The number of nitrogens with one attached hydrogen (secondary N) is 1. The van der Waals surface area contributed by atoms with Crippen molar-refractivity contribution in [2.75, 3.05) is 49.4 Å². The molecule has 1 fully saturated rings. The maximum absolute atomic E-state index is 13.4. The van der Waals surface area contributed by atoms with Crippen LogP contribution in [0.5, 0.6) is 5.75 Å². The zero-order valence-corrected chi connectivity index (χ0v) is 18.8. The van der Waals surface area contributed by atoms with Crippen molar-refractivity contribution in [3.63, 3.8) is 0 Å². The van der Waals surface area contributed by atoms with E-state index in [9.17, 15) is 4.79 Å². The fourth-order valence-electron chi connectivity index (χ4n) is 4.96. The number of allylic oxidation sites excluding steroid dienone is 2. The van der Waals surface area contributed by atoms with E-state index in [1.54, 1.807) is 7.11 Å². The molecule has 5 rings (SSSR count). The number of nitrogen functional groups attached to an aromatic ring is 1. The Morgan fingerprint density at radius 1 is 1.16 bits per heavy atom. The second-order valence-corrected chi connectivity index (χ2v) is 9.43. The van der Waals surface area contributed by atoms with Crippen LogP contribution >= 0.6 is 0 Å². The first-order valence-corrected chi connectivity index (χ1v) is 11.0. The number of aromatic nitrogens is 2. The van der Waals surface area contributed by atoms with Gasteiger partial charge in [-0.3, -0.25) is 4.79 Å². The summed E-state index contributed by atoms with van der Waals surface area (Å²) in [5.74, 6) is 2.27. The first-order chi connectivity index (χ1) is 15.4. The van der Waals surface area contributed by atoms with Crippen LogP contribution in [0.25, 0.3) is 0 Å². The summed E-state index contributed by atoms with van der Waals surface area (Å²) >= 11 is 0. The average molecular weight is 436 g/mol. The molecule has 3 heterocycles. The fourth-order valence-corrected chi connectivity index (χ4v) is 4.96. The maximum atomic E-state index is 13.4. The number of hydrogen-bond donors (Lipinski definition) is 2. The minimum Gasteiger partial charge on any atom is -0.497 e. The topological polar surface area (TPSA) is 103 Å². The third kappa shape index (κ3) is 3.58. The van der Waals surface area contributed by atoms with Crippen molar-refractivity contribution in [3.05, 3.63) is 46.7 Å². The molecule has 2 aliphatic heterocycles. The van der Waals surface area contributed by atoms with Crippen LogP contribution in [0, 0.1) is 5.41 Å². The third-order valence-corrected chi connectivity index (χ3v) is 6.47. The van der Waals surface area contributed by atoms with Gasteiger partial charge in [0.2, 0.25) is 5.95 Å². The van der Waals surface area contributed by atoms with Gasteiger partial charge in [0.1, 0.15) is 17.4 Å². The number of ether oxygens (including phenoxy) is 2. The zero-order valence-electron chi connectivity index (χ0n) is 18.8. The predicted octanol–water partition coefficient (Wildman–Crippen LogP) is 3.10. The van der Waals surface area contributed by atoms with Gasteiger partial charge in [-0.25, -0.2) is 0 Å². The number of morpholine rings is 1. The second kappa shape index (κ2) is 7.78. The molecule has 0 radical (unpaired) electrons. The van der Waals surface area contributed by atoms with Crippen molar-refractivity contribution >= 4 is 23.4 Å². The van der Waals surface area contributed by atoms with E-state index in [4.69, 9.17) is 20.2 Å². The third-order valence-electron chi connectivity index (χ3n) is 6.47. The molecule has 0 saturated carbocycles. The van der Waals surface area contributed by atoms with Gasteiger partial charge in [-0.2, -0.15) is 9.97 Å². The van der Waals surface area contributed by atoms with Crippen LogP contribution in [0.15, 0.2) is 35.5 Å². The molecule has 2 aromatic rings. The fraction of sp³-hybridized carbons (Fsp3) is 0.458. The first kappa shape index (κ1) is 20.8. The molecule has 3 aliphatic rings. The number of nitrogens with two attached hydrogens (primary N) is 1. The van der Waals surface area contributed by atoms with Gasteiger partial charge in [0, 0.05) is 42.3 Å². The number of fused-ring (bicyclic) bond motifs is 1. The number of carbonyl (C=O) groups excluding carboxylic acids is 1. The molecule has 1 aliphatic carbocycles. The lowest BCUT2D eigenvalue weighted by Gasteiger charge is -2.39. The number of benzene rings is 1. The van der Waals surface area contributed by atoms with E-state index in [0.29, 0.717) is 37.2 Å². The summed E-state index contributed by atoms with van der Waals surface area (Å²) < 4.78 is 10.8. The molecule has 0 unspecified atom stereocenters. The minimum atomic E-state index is -0.311. The summed E-state index contributed by atoms with van der Waals surface area (Å²) in [5.41, 5.74) is 9.88. The summed E-state index contributed by atoms with van der Waals surface area (Å²) in [6.45, 7) is 6.98. The molecule has 1 aromatic carbocycles. The highest BCUT2D eigenvalue weighted by atomic mass is 16.5. The van der Waals surface area contributed by atoms with Crippen molar-refractivity contribution in [3.8, 4) is 5.75 Å². The molecule has 0 bridgehead atoms. The molecule has 8 nitrogen and oxygen atoms in total. The summed E-state index contributed by atoms with van der Waals surface area (Å²) in [5, 5.41) is 3.47. The number of nitrogens with zero attached hydrogens (tertiary/aromatic N) is 3. The molecule has 1 atom stereocenters. The van der Waals surface area contributed by atoms with Crippen molar-refractivity contribution in [2.24, 2.45) is 5.41 Å². The monoisotopic (exact) mass is 435 g/mol. The van der Waals surface area contributed by atoms with Gasteiger partial charge >= 0.3 is 0 Å². The molecular weight excluding hydrogens is 406 g/mol. The molecular formula is C24H29N5O3. The van der Waals surface area contributed by atoms with Crippen LogP contribution in [0.3, 0.4) is 0 Å². The molecule has 0 amide bonds. The van der Waals surface area contributed by atoms with Crippen molar-refractivity contribution < 1.29 is 14.3 Å². The highest BCUT2D eigenvalue weighted by Crippen LogP contribution is 2.50. The number of methoxy groups -OCH3 is 1. The molecule has 1 aromatic heterocycles. The highest BCUT2D eigenvalue weighted by molar-refractivity contribution is 6.02. The van der Waals surface area contributed by atoms with Gasteiger partial charge in [-0.05, 0) is 29.5 Å². The van der Waals surface area contributed by atoms with E-state index < -0.39 is 0 Å². The Labute approximate surface area is 187 Å². The van der Waals surface area contributed by atoms with Gasteiger partial charge in [-0.1, -0.05) is 26.0 Å². The van der Waals surface area contributed by atoms with Crippen molar-refractivity contribution in [1.82, 2.24) is 9.97 Å². The largest absolute Gasteiger partial charge is 0.497 e. The Bertz CT molecular complexity index is 1090. The molecule has 1 saturated heterocycles. The molecule has 168 valence electrons. The normalized spacial score (nSPS) is 22.2. The Morgan fingerprint density at radius 2 is 1.88 bits per heavy atom. The lowest BCUT2D eigenvalue weighted by Crippen LogP contribution is -2.38. The SMILES string of the molecule is COc1ccc([C@@H]2C3=C(CC(C)(C)CC3=O)Nc3nc(N4CCOCC4)nc(N)c32)cc1. The summed E-state index contributed by atoms with van der Waals surface area (Å²) in [6.07, 6.45) is 1.28. The van der Waals surface area contributed by atoms with E-state index in [0.717, 1.165) is 47.7 Å².